The zero-order valence-corrected chi connectivity index (χ0v) is 11.9. The summed E-state index contributed by atoms with van der Waals surface area (Å²) in [6.07, 6.45) is 0. The molecule has 1 nitrogen and oxygen atoms in total. The van der Waals surface area contributed by atoms with Crippen LogP contribution < -0.4 is 5.32 Å². The number of nitrogens with one attached hydrogen (secondary N) is 1. The molecule has 0 fully saturated rings. The van der Waals surface area contributed by atoms with Gasteiger partial charge in [0.25, 0.3) is 0 Å². The van der Waals surface area contributed by atoms with Gasteiger partial charge in [0.05, 0.1) is 0 Å². The molecule has 0 saturated carbocycles. The molecule has 0 bridgehead atoms. The molecule has 0 amide bonds. The third-order valence-electron chi connectivity index (χ3n) is 3.11. The first kappa shape index (κ1) is 15.2. The second kappa shape index (κ2) is 6.50. The van der Waals surface area contributed by atoms with Gasteiger partial charge in [-0.15, -0.1) is 0 Å². The molecule has 2 rings (SSSR count). The Morgan fingerprint density at radius 3 is 2.55 bits per heavy atom. The number of hydrogen-bond donors (Lipinski definition) is 1. The molecule has 1 unspecified atom stereocenters. The lowest BCUT2D eigenvalue weighted by molar-refractivity contribution is -0.0327. The normalized spacial score (nSPS) is 13.6. The van der Waals surface area contributed by atoms with E-state index in [1.165, 1.54) is 0 Å². The van der Waals surface area contributed by atoms with E-state index in [2.05, 4.69) is 5.32 Å². The standard InChI is InChI=1S/C15H16F3NS/c1-11(19-9-10-20-15(16,17)18)13-8-4-6-12-5-2-3-7-14(12)13/h2-8,11,19H,9-10H2,1H3. The highest BCUT2D eigenvalue weighted by Gasteiger charge is 2.27. The number of alkyl halides is 3. The van der Waals surface area contributed by atoms with Gasteiger partial charge in [0.15, 0.2) is 0 Å². The van der Waals surface area contributed by atoms with Gasteiger partial charge in [-0.3, -0.25) is 0 Å². The summed E-state index contributed by atoms with van der Waals surface area (Å²) in [5.41, 5.74) is -3.04. The van der Waals surface area contributed by atoms with Crippen molar-refractivity contribution in [3.05, 3.63) is 48.0 Å². The van der Waals surface area contributed by atoms with Crippen LogP contribution in [0.15, 0.2) is 42.5 Å². The topological polar surface area (TPSA) is 12.0 Å². The maximum absolute atomic E-state index is 12.0. The number of fused-ring (bicyclic) bond motifs is 1. The zero-order chi connectivity index (χ0) is 14.6. The van der Waals surface area contributed by atoms with Crippen LogP contribution in [0.4, 0.5) is 13.2 Å². The van der Waals surface area contributed by atoms with Gasteiger partial charge in [-0.05, 0) is 35.0 Å². The van der Waals surface area contributed by atoms with Crippen molar-refractivity contribution in [2.24, 2.45) is 0 Å². The largest absolute Gasteiger partial charge is 0.441 e. The van der Waals surface area contributed by atoms with Crippen molar-refractivity contribution in [2.75, 3.05) is 12.3 Å². The van der Waals surface area contributed by atoms with E-state index in [-0.39, 0.29) is 23.6 Å². The lowest BCUT2D eigenvalue weighted by atomic mass is 10.00. The molecule has 0 heterocycles. The number of thioether (sulfide) groups is 1. The molecule has 0 aliphatic heterocycles. The van der Waals surface area contributed by atoms with Crippen molar-refractivity contribution < 1.29 is 13.2 Å². The van der Waals surface area contributed by atoms with Crippen LogP contribution in [0.25, 0.3) is 10.8 Å². The summed E-state index contributed by atoms with van der Waals surface area (Å²) >= 11 is 0.0119. The molecule has 1 atom stereocenters. The fourth-order valence-corrected chi connectivity index (χ4v) is 2.63. The third-order valence-corrected chi connectivity index (χ3v) is 3.84. The van der Waals surface area contributed by atoms with Gasteiger partial charge in [0.2, 0.25) is 0 Å². The van der Waals surface area contributed by atoms with Crippen LogP contribution in [-0.2, 0) is 0 Å². The third kappa shape index (κ3) is 4.15. The van der Waals surface area contributed by atoms with Gasteiger partial charge >= 0.3 is 5.51 Å². The maximum Gasteiger partial charge on any atom is 0.441 e. The van der Waals surface area contributed by atoms with Crippen molar-refractivity contribution in [1.82, 2.24) is 5.32 Å². The summed E-state index contributed by atoms with van der Waals surface area (Å²) in [5, 5.41) is 5.42. The zero-order valence-electron chi connectivity index (χ0n) is 11.1. The Kier molecular flexibility index (Phi) is 4.94. The van der Waals surface area contributed by atoms with E-state index in [1.54, 1.807) is 0 Å². The summed E-state index contributed by atoms with van der Waals surface area (Å²) in [7, 11) is 0. The Labute approximate surface area is 120 Å². The minimum atomic E-state index is -4.15. The second-order valence-electron chi connectivity index (χ2n) is 4.54. The quantitative estimate of drug-likeness (QED) is 0.800. The van der Waals surface area contributed by atoms with Crippen LogP contribution in [-0.4, -0.2) is 17.8 Å². The van der Waals surface area contributed by atoms with Crippen LogP contribution >= 0.6 is 11.8 Å². The second-order valence-corrected chi connectivity index (χ2v) is 5.70. The van der Waals surface area contributed by atoms with E-state index in [0.29, 0.717) is 6.54 Å². The summed E-state index contributed by atoms with van der Waals surface area (Å²) in [6.45, 7) is 2.30. The van der Waals surface area contributed by atoms with Gasteiger partial charge in [-0.1, -0.05) is 42.5 Å². The SMILES string of the molecule is CC(NCCSC(F)(F)F)c1cccc2ccccc12. The average molecular weight is 299 g/mol. The van der Waals surface area contributed by atoms with Gasteiger partial charge in [-0.25, -0.2) is 0 Å². The highest BCUT2D eigenvalue weighted by Crippen LogP contribution is 2.30. The van der Waals surface area contributed by atoms with Crippen LogP contribution in [0.5, 0.6) is 0 Å². The molecule has 0 aromatic heterocycles. The van der Waals surface area contributed by atoms with Crippen molar-refractivity contribution in [1.29, 1.82) is 0 Å². The Balaban J connectivity index is 1.99. The van der Waals surface area contributed by atoms with Crippen LogP contribution in [0.1, 0.15) is 18.5 Å². The molecule has 0 aliphatic rings. The molecule has 1 N–H and O–H groups in total. The lowest BCUT2D eigenvalue weighted by Gasteiger charge is -2.16. The Morgan fingerprint density at radius 1 is 1.10 bits per heavy atom. The smallest absolute Gasteiger partial charge is 0.309 e. The highest BCUT2D eigenvalue weighted by atomic mass is 32.2. The van der Waals surface area contributed by atoms with E-state index in [0.717, 1.165) is 16.3 Å². The Morgan fingerprint density at radius 2 is 1.80 bits per heavy atom. The van der Waals surface area contributed by atoms with Crippen molar-refractivity contribution in [2.45, 2.75) is 18.5 Å². The molecule has 2 aromatic rings. The van der Waals surface area contributed by atoms with E-state index in [4.69, 9.17) is 0 Å². The first-order valence-corrected chi connectivity index (χ1v) is 7.37. The molecule has 0 aliphatic carbocycles. The number of benzene rings is 2. The maximum atomic E-state index is 12.0. The Hall–Kier alpha value is -1.20. The molecule has 20 heavy (non-hydrogen) atoms. The monoisotopic (exact) mass is 299 g/mol. The fraction of sp³-hybridized carbons (Fsp3) is 0.333. The minimum absolute atomic E-state index is 0.0119. The summed E-state index contributed by atoms with van der Waals surface area (Å²) in [5.74, 6) is 0.0264. The predicted molar refractivity (Wildman–Crippen MR) is 78.9 cm³/mol. The lowest BCUT2D eigenvalue weighted by Crippen LogP contribution is -2.22. The van der Waals surface area contributed by atoms with Gasteiger partial charge in [-0.2, -0.15) is 13.2 Å². The summed E-state index contributed by atoms with van der Waals surface area (Å²) < 4.78 is 36.1. The Bertz CT molecular complexity index is 563. The van der Waals surface area contributed by atoms with Gasteiger partial charge < -0.3 is 5.32 Å². The van der Waals surface area contributed by atoms with Gasteiger partial charge in [0, 0.05) is 18.3 Å². The highest BCUT2D eigenvalue weighted by molar-refractivity contribution is 8.00. The van der Waals surface area contributed by atoms with Crippen molar-refractivity contribution in [3.63, 3.8) is 0 Å². The molecule has 0 saturated heterocycles. The van der Waals surface area contributed by atoms with Crippen molar-refractivity contribution in [3.8, 4) is 0 Å². The van der Waals surface area contributed by atoms with Crippen LogP contribution in [0, 0.1) is 0 Å². The molecule has 0 radical (unpaired) electrons. The van der Waals surface area contributed by atoms with Crippen LogP contribution in [0.2, 0.25) is 0 Å². The van der Waals surface area contributed by atoms with E-state index in [1.807, 2.05) is 49.4 Å². The first-order valence-electron chi connectivity index (χ1n) is 6.39. The fourth-order valence-electron chi connectivity index (χ4n) is 2.18. The van der Waals surface area contributed by atoms with Crippen LogP contribution in [0.3, 0.4) is 0 Å². The predicted octanol–water partition coefficient (Wildman–Crippen LogP) is 4.74. The number of rotatable bonds is 5. The van der Waals surface area contributed by atoms with Gasteiger partial charge in [0.1, 0.15) is 0 Å². The molecule has 5 heteroatoms. The number of halogens is 3. The van der Waals surface area contributed by atoms with E-state index in [9.17, 15) is 13.2 Å². The average Bonchev–Trinajstić information content (AvgIpc) is 2.41. The molecular formula is C15H16F3NS. The van der Waals surface area contributed by atoms with Crippen molar-refractivity contribution >= 4 is 22.5 Å². The number of hydrogen-bond acceptors (Lipinski definition) is 2. The summed E-state index contributed by atoms with van der Waals surface area (Å²) in [4.78, 5) is 0. The first-order chi connectivity index (χ1) is 9.47. The molecule has 108 valence electrons. The molecule has 0 spiro atoms. The molecular weight excluding hydrogens is 283 g/mol. The van der Waals surface area contributed by atoms with E-state index >= 15 is 0 Å². The minimum Gasteiger partial charge on any atom is -0.309 e. The van der Waals surface area contributed by atoms with E-state index < -0.39 is 5.51 Å². The molecule has 2 aromatic carbocycles. The summed E-state index contributed by atoms with van der Waals surface area (Å²) in [6, 6.07) is 14.1.